The van der Waals surface area contributed by atoms with Crippen molar-refractivity contribution in [3.63, 3.8) is 0 Å². The quantitative estimate of drug-likeness (QED) is 0.887. The van der Waals surface area contributed by atoms with E-state index in [0.717, 1.165) is 0 Å². The second-order valence-corrected chi connectivity index (χ2v) is 4.56. The normalized spacial score (nSPS) is 11.6. The zero-order valence-corrected chi connectivity index (χ0v) is 11.9. The molecule has 2 rings (SSSR count). The van der Waals surface area contributed by atoms with Gasteiger partial charge in [0.25, 0.3) is 0 Å². The van der Waals surface area contributed by atoms with Crippen LogP contribution >= 0.6 is 0 Å². The fraction of sp³-hybridized carbons (Fsp3) is 0.188. The van der Waals surface area contributed by atoms with Crippen molar-refractivity contribution in [1.82, 2.24) is 0 Å². The minimum atomic E-state index is -0.472. The number of ether oxygens (including phenoxy) is 1. The van der Waals surface area contributed by atoms with E-state index in [2.05, 4.69) is 10.6 Å². The summed E-state index contributed by atoms with van der Waals surface area (Å²) in [5.41, 5.74) is 1.29. The number of halogens is 1. The molecule has 5 heteroatoms. The second kappa shape index (κ2) is 6.74. The molecule has 2 aromatic carbocycles. The molecular weight excluding hydrogens is 271 g/mol. The van der Waals surface area contributed by atoms with Crippen LogP contribution in [0.5, 0.6) is 5.75 Å². The first-order valence-electron chi connectivity index (χ1n) is 6.56. The maximum absolute atomic E-state index is 12.8. The van der Waals surface area contributed by atoms with Gasteiger partial charge in [-0.1, -0.05) is 12.1 Å². The van der Waals surface area contributed by atoms with Gasteiger partial charge in [-0.2, -0.15) is 0 Å². The predicted molar refractivity (Wildman–Crippen MR) is 81.1 cm³/mol. The summed E-state index contributed by atoms with van der Waals surface area (Å²) >= 11 is 0. The van der Waals surface area contributed by atoms with Gasteiger partial charge in [0.05, 0.1) is 12.8 Å². The van der Waals surface area contributed by atoms with E-state index in [1.807, 2.05) is 12.1 Å². The Morgan fingerprint density at radius 2 is 1.81 bits per heavy atom. The summed E-state index contributed by atoms with van der Waals surface area (Å²) < 4.78 is 18.0. The molecule has 21 heavy (non-hydrogen) atoms. The van der Waals surface area contributed by atoms with Crippen molar-refractivity contribution in [1.29, 1.82) is 0 Å². The van der Waals surface area contributed by atoms with Gasteiger partial charge in [0.2, 0.25) is 5.91 Å². The van der Waals surface area contributed by atoms with Crippen molar-refractivity contribution in [2.24, 2.45) is 0 Å². The number of hydrogen-bond acceptors (Lipinski definition) is 3. The molecule has 0 unspecified atom stereocenters. The van der Waals surface area contributed by atoms with Gasteiger partial charge in [0.15, 0.2) is 0 Å². The molecule has 0 aliphatic rings. The number of amides is 1. The number of rotatable bonds is 5. The van der Waals surface area contributed by atoms with Gasteiger partial charge in [-0.25, -0.2) is 4.39 Å². The minimum absolute atomic E-state index is 0.205. The number of anilines is 2. The van der Waals surface area contributed by atoms with Gasteiger partial charge in [-0.05, 0) is 43.3 Å². The maximum atomic E-state index is 12.8. The standard InChI is InChI=1S/C16H17FN2O2/c1-11(18-13-9-7-12(17)8-10-13)16(20)19-14-5-3-4-6-15(14)21-2/h3-11,18H,1-2H3,(H,19,20)/t11-/m1/s1. The van der Waals surface area contributed by atoms with Gasteiger partial charge in [0, 0.05) is 5.69 Å². The Bertz CT molecular complexity index is 614. The molecule has 0 aromatic heterocycles. The Balaban J connectivity index is 2.01. The summed E-state index contributed by atoms with van der Waals surface area (Å²) in [5, 5.41) is 5.80. The van der Waals surface area contributed by atoms with Crippen LogP contribution in [0, 0.1) is 5.82 Å². The van der Waals surface area contributed by atoms with Gasteiger partial charge in [0.1, 0.15) is 17.6 Å². The number of nitrogens with one attached hydrogen (secondary N) is 2. The zero-order chi connectivity index (χ0) is 15.2. The van der Waals surface area contributed by atoms with Crippen LogP contribution in [-0.4, -0.2) is 19.1 Å². The van der Waals surface area contributed by atoms with Crippen LogP contribution in [0.3, 0.4) is 0 Å². The Kier molecular flexibility index (Phi) is 4.77. The SMILES string of the molecule is COc1ccccc1NC(=O)[C@@H](C)Nc1ccc(F)cc1. The van der Waals surface area contributed by atoms with E-state index in [1.165, 1.54) is 12.1 Å². The lowest BCUT2D eigenvalue weighted by atomic mass is 10.2. The highest BCUT2D eigenvalue weighted by molar-refractivity contribution is 5.97. The Morgan fingerprint density at radius 1 is 1.14 bits per heavy atom. The summed E-state index contributed by atoms with van der Waals surface area (Å²) in [5.74, 6) is 0.0790. The molecule has 0 bridgehead atoms. The number of hydrogen-bond donors (Lipinski definition) is 2. The summed E-state index contributed by atoms with van der Waals surface area (Å²) in [6, 6.07) is 12.6. The third-order valence-corrected chi connectivity index (χ3v) is 2.99. The molecule has 0 saturated heterocycles. The molecule has 0 saturated carbocycles. The number of methoxy groups -OCH3 is 1. The highest BCUT2D eigenvalue weighted by Crippen LogP contribution is 2.23. The van der Waals surface area contributed by atoms with Crippen LogP contribution in [0.25, 0.3) is 0 Å². The number of carbonyl (C=O) groups excluding carboxylic acids is 1. The monoisotopic (exact) mass is 288 g/mol. The fourth-order valence-corrected chi connectivity index (χ4v) is 1.85. The van der Waals surface area contributed by atoms with Crippen molar-refractivity contribution < 1.29 is 13.9 Å². The number of carbonyl (C=O) groups is 1. The molecule has 0 heterocycles. The molecule has 0 fully saturated rings. The molecule has 0 aliphatic heterocycles. The lowest BCUT2D eigenvalue weighted by Crippen LogP contribution is -2.31. The van der Waals surface area contributed by atoms with Gasteiger partial charge in [-0.3, -0.25) is 4.79 Å². The van der Waals surface area contributed by atoms with Crippen molar-refractivity contribution in [3.8, 4) is 5.75 Å². The summed E-state index contributed by atoms with van der Waals surface area (Å²) in [7, 11) is 1.55. The van der Waals surface area contributed by atoms with Crippen LogP contribution in [0.4, 0.5) is 15.8 Å². The summed E-state index contributed by atoms with van der Waals surface area (Å²) in [6.45, 7) is 1.73. The van der Waals surface area contributed by atoms with Gasteiger partial charge < -0.3 is 15.4 Å². The van der Waals surface area contributed by atoms with Crippen LogP contribution in [0.1, 0.15) is 6.92 Å². The van der Waals surface area contributed by atoms with Crippen LogP contribution in [0.2, 0.25) is 0 Å². The topological polar surface area (TPSA) is 50.4 Å². The van der Waals surface area contributed by atoms with E-state index >= 15 is 0 Å². The summed E-state index contributed by atoms with van der Waals surface area (Å²) in [6.07, 6.45) is 0. The second-order valence-electron chi connectivity index (χ2n) is 4.56. The highest BCUT2D eigenvalue weighted by atomic mass is 19.1. The van der Waals surface area contributed by atoms with Gasteiger partial charge in [-0.15, -0.1) is 0 Å². The van der Waals surface area contributed by atoms with E-state index in [4.69, 9.17) is 4.74 Å². The Morgan fingerprint density at radius 3 is 2.48 bits per heavy atom. The first-order chi connectivity index (χ1) is 10.1. The van der Waals surface area contributed by atoms with E-state index in [0.29, 0.717) is 17.1 Å². The zero-order valence-electron chi connectivity index (χ0n) is 11.9. The number of para-hydroxylation sites is 2. The molecule has 1 atom stereocenters. The highest BCUT2D eigenvalue weighted by Gasteiger charge is 2.14. The molecule has 1 amide bonds. The first kappa shape index (κ1) is 14.8. The molecule has 0 aliphatic carbocycles. The third kappa shape index (κ3) is 3.95. The number of benzene rings is 2. The lowest BCUT2D eigenvalue weighted by Gasteiger charge is -2.16. The molecule has 2 aromatic rings. The average molecular weight is 288 g/mol. The van der Waals surface area contributed by atoms with E-state index in [1.54, 1.807) is 38.3 Å². The lowest BCUT2D eigenvalue weighted by molar-refractivity contribution is -0.116. The predicted octanol–water partition coefficient (Wildman–Crippen LogP) is 3.27. The van der Waals surface area contributed by atoms with E-state index < -0.39 is 6.04 Å². The van der Waals surface area contributed by atoms with Crippen molar-refractivity contribution in [2.45, 2.75) is 13.0 Å². The minimum Gasteiger partial charge on any atom is -0.495 e. The summed E-state index contributed by atoms with van der Waals surface area (Å²) in [4.78, 5) is 12.1. The molecule has 0 spiro atoms. The van der Waals surface area contributed by atoms with E-state index in [9.17, 15) is 9.18 Å². The molecular formula is C16H17FN2O2. The molecule has 4 nitrogen and oxygen atoms in total. The van der Waals surface area contributed by atoms with Gasteiger partial charge >= 0.3 is 0 Å². The largest absolute Gasteiger partial charge is 0.495 e. The van der Waals surface area contributed by atoms with Crippen LogP contribution in [-0.2, 0) is 4.79 Å². The maximum Gasteiger partial charge on any atom is 0.246 e. The first-order valence-corrected chi connectivity index (χ1v) is 6.56. The molecule has 110 valence electrons. The fourth-order valence-electron chi connectivity index (χ4n) is 1.85. The molecule has 2 N–H and O–H groups in total. The Hall–Kier alpha value is -2.56. The van der Waals surface area contributed by atoms with Crippen LogP contribution in [0.15, 0.2) is 48.5 Å². The van der Waals surface area contributed by atoms with Crippen molar-refractivity contribution >= 4 is 17.3 Å². The third-order valence-electron chi connectivity index (χ3n) is 2.99. The van der Waals surface area contributed by atoms with Crippen molar-refractivity contribution in [3.05, 3.63) is 54.3 Å². The average Bonchev–Trinajstić information content (AvgIpc) is 2.50. The van der Waals surface area contributed by atoms with E-state index in [-0.39, 0.29) is 11.7 Å². The smallest absolute Gasteiger partial charge is 0.246 e. The van der Waals surface area contributed by atoms with Crippen molar-refractivity contribution in [2.75, 3.05) is 17.7 Å². The van der Waals surface area contributed by atoms with Crippen LogP contribution < -0.4 is 15.4 Å². The molecule has 0 radical (unpaired) electrons. The Labute approximate surface area is 122 Å².